The van der Waals surface area contributed by atoms with E-state index in [1.54, 1.807) is 18.2 Å². The number of para-hydroxylation sites is 2. The van der Waals surface area contributed by atoms with Crippen LogP contribution in [0.5, 0.6) is 5.75 Å². The number of aromatic nitrogens is 3. The Hall–Kier alpha value is -2.36. The average Bonchev–Trinajstić information content (AvgIpc) is 2.73. The maximum Gasteiger partial charge on any atom is 0.143 e. The highest BCUT2D eigenvalue weighted by Crippen LogP contribution is 2.22. The van der Waals surface area contributed by atoms with Gasteiger partial charge in [0.05, 0.1) is 0 Å². The minimum Gasteiger partial charge on any atom is -0.506 e. The standard InChI is InChI=1S/C14H13N3O/c1-9-7-11-12(8-10(9)2)16-17(15-11)13-5-3-4-6-14(13)18/h3-8,18H,1-2H3. The fourth-order valence-corrected chi connectivity index (χ4v) is 1.91. The highest BCUT2D eigenvalue weighted by Gasteiger charge is 2.08. The maximum atomic E-state index is 9.80. The van der Waals surface area contributed by atoms with E-state index < -0.39 is 0 Å². The fraction of sp³-hybridized carbons (Fsp3) is 0.143. The van der Waals surface area contributed by atoms with Gasteiger partial charge in [0.2, 0.25) is 0 Å². The monoisotopic (exact) mass is 239 g/mol. The molecule has 0 aliphatic carbocycles. The number of aromatic hydroxyl groups is 1. The van der Waals surface area contributed by atoms with Crippen molar-refractivity contribution < 1.29 is 5.11 Å². The van der Waals surface area contributed by atoms with E-state index in [0.717, 1.165) is 11.0 Å². The van der Waals surface area contributed by atoms with E-state index in [2.05, 4.69) is 10.2 Å². The van der Waals surface area contributed by atoms with Gasteiger partial charge in [-0.25, -0.2) is 0 Å². The van der Waals surface area contributed by atoms with Crippen molar-refractivity contribution in [2.75, 3.05) is 0 Å². The van der Waals surface area contributed by atoms with E-state index in [4.69, 9.17) is 0 Å². The van der Waals surface area contributed by atoms with Crippen molar-refractivity contribution in [3.05, 3.63) is 47.5 Å². The van der Waals surface area contributed by atoms with Gasteiger partial charge >= 0.3 is 0 Å². The molecule has 1 aromatic heterocycles. The van der Waals surface area contributed by atoms with Gasteiger partial charge in [-0.3, -0.25) is 0 Å². The first-order chi connectivity index (χ1) is 8.65. The molecule has 0 saturated carbocycles. The molecule has 1 N–H and O–H groups in total. The third kappa shape index (κ3) is 1.62. The molecule has 2 aromatic carbocycles. The van der Waals surface area contributed by atoms with Crippen molar-refractivity contribution in [2.24, 2.45) is 0 Å². The smallest absolute Gasteiger partial charge is 0.143 e. The van der Waals surface area contributed by atoms with Crippen LogP contribution in [0, 0.1) is 13.8 Å². The number of phenolic OH excluding ortho intramolecular Hbond substituents is 1. The molecular formula is C14H13N3O. The molecule has 3 rings (SSSR count). The van der Waals surface area contributed by atoms with Crippen LogP contribution in [0.3, 0.4) is 0 Å². The summed E-state index contributed by atoms with van der Waals surface area (Å²) >= 11 is 0. The topological polar surface area (TPSA) is 50.9 Å². The Bertz CT molecular complexity index is 692. The van der Waals surface area contributed by atoms with Crippen LogP contribution in [0.25, 0.3) is 16.7 Å². The van der Waals surface area contributed by atoms with E-state index >= 15 is 0 Å². The zero-order chi connectivity index (χ0) is 12.7. The normalized spacial score (nSPS) is 11.0. The molecule has 4 heteroatoms. The van der Waals surface area contributed by atoms with Gasteiger partial charge in [-0.05, 0) is 49.2 Å². The molecule has 90 valence electrons. The number of phenols is 1. The molecule has 0 fully saturated rings. The van der Waals surface area contributed by atoms with Crippen molar-refractivity contribution in [3.63, 3.8) is 0 Å². The van der Waals surface area contributed by atoms with Gasteiger partial charge in [0.15, 0.2) is 0 Å². The van der Waals surface area contributed by atoms with Crippen LogP contribution < -0.4 is 0 Å². The molecule has 0 atom stereocenters. The maximum absolute atomic E-state index is 9.80. The van der Waals surface area contributed by atoms with Crippen LogP contribution in [-0.4, -0.2) is 20.1 Å². The van der Waals surface area contributed by atoms with Crippen molar-refractivity contribution >= 4 is 11.0 Å². The summed E-state index contributed by atoms with van der Waals surface area (Å²) in [6.07, 6.45) is 0. The van der Waals surface area contributed by atoms with Crippen LogP contribution >= 0.6 is 0 Å². The fourth-order valence-electron chi connectivity index (χ4n) is 1.91. The Labute approximate surface area is 104 Å². The lowest BCUT2D eigenvalue weighted by atomic mass is 10.1. The number of aryl methyl sites for hydroxylation is 2. The van der Waals surface area contributed by atoms with E-state index in [1.165, 1.54) is 15.9 Å². The van der Waals surface area contributed by atoms with Gasteiger partial charge in [-0.1, -0.05) is 12.1 Å². The summed E-state index contributed by atoms with van der Waals surface area (Å²) in [5.74, 6) is 0.172. The second-order valence-electron chi connectivity index (χ2n) is 4.40. The van der Waals surface area contributed by atoms with Gasteiger partial charge in [-0.15, -0.1) is 15.0 Å². The molecule has 1 heterocycles. The second kappa shape index (κ2) is 3.84. The Kier molecular flexibility index (Phi) is 2.30. The molecule has 0 bridgehead atoms. The molecule has 3 aromatic rings. The zero-order valence-corrected chi connectivity index (χ0v) is 10.3. The number of hydrogen-bond acceptors (Lipinski definition) is 3. The van der Waals surface area contributed by atoms with Crippen molar-refractivity contribution in [1.29, 1.82) is 0 Å². The quantitative estimate of drug-likeness (QED) is 0.710. The Morgan fingerprint density at radius 1 is 0.944 bits per heavy atom. The summed E-state index contributed by atoms with van der Waals surface area (Å²) in [4.78, 5) is 1.47. The minimum absolute atomic E-state index is 0.172. The Morgan fingerprint density at radius 3 is 2.06 bits per heavy atom. The lowest BCUT2D eigenvalue weighted by Crippen LogP contribution is -1.98. The highest BCUT2D eigenvalue weighted by atomic mass is 16.3. The van der Waals surface area contributed by atoms with E-state index in [9.17, 15) is 5.11 Å². The van der Waals surface area contributed by atoms with Crippen LogP contribution in [-0.2, 0) is 0 Å². The lowest BCUT2D eigenvalue weighted by molar-refractivity contribution is 0.468. The first-order valence-electron chi connectivity index (χ1n) is 5.78. The summed E-state index contributed by atoms with van der Waals surface area (Å²) in [6.45, 7) is 4.10. The lowest BCUT2D eigenvalue weighted by Gasteiger charge is -2.00. The molecule has 0 spiro atoms. The highest BCUT2D eigenvalue weighted by molar-refractivity contribution is 5.76. The van der Waals surface area contributed by atoms with Crippen LogP contribution in [0.15, 0.2) is 36.4 Å². The summed E-state index contributed by atoms with van der Waals surface area (Å²) in [5.41, 5.74) is 4.63. The first kappa shape index (κ1) is 10.8. The first-order valence-corrected chi connectivity index (χ1v) is 5.78. The van der Waals surface area contributed by atoms with Gasteiger partial charge in [0.1, 0.15) is 22.5 Å². The third-order valence-corrected chi connectivity index (χ3v) is 3.09. The SMILES string of the molecule is Cc1cc2nn(-c3ccccc3O)nc2cc1C. The average molecular weight is 239 g/mol. The van der Waals surface area contributed by atoms with Crippen LogP contribution in [0.2, 0.25) is 0 Å². The molecule has 0 aliphatic heterocycles. The van der Waals surface area contributed by atoms with E-state index in [1.807, 2.05) is 32.0 Å². The number of fused-ring (bicyclic) bond motifs is 1. The largest absolute Gasteiger partial charge is 0.506 e. The second-order valence-corrected chi connectivity index (χ2v) is 4.40. The molecule has 4 nitrogen and oxygen atoms in total. The number of benzene rings is 2. The Morgan fingerprint density at radius 2 is 1.50 bits per heavy atom. The molecule has 0 unspecified atom stereocenters. The van der Waals surface area contributed by atoms with Crippen molar-refractivity contribution in [1.82, 2.24) is 15.0 Å². The van der Waals surface area contributed by atoms with E-state index in [-0.39, 0.29) is 5.75 Å². The minimum atomic E-state index is 0.172. The number of nitrogens with zero attached hydrogens (tertiary/aromatic N) is 3. The van der Waals surface area contributed by atoms with Crippen LogP contribution in [0.1, 0.15) is 11.1 Å². The summed E-state index contributed by atoms with van der Waals surface area (Å²) in [5, 5.41) is 18.6. The summed E-state index contributed by atoms with van der Waals surface area (Å²) in [6, 6.07) is 11.0. The van der Waals surface area contributed by atoms with E-state index in [0.29, 0.717) is 5.69 Å². The zero-order valence-electron chi connectivity index (χ0n) is 10.3. The van der Waals surface area contributed by atoms with Crippen molar-refractivity contribution in [3.8, 4) is 11.4 Å². The molecule has 0 amide bonds. The van der Waals surface area contributed by atoms with Gasteiger partial charge < -0.3 is 5.11 Å². The van der Waals surface area contributed by atoms with Crippen molar-refractivity contribution in [2.45, 2.75) is 13.8 Å². The molecule has 0 aliphatic rings. The van der Waals surface area contributed by atoms with Gasteiger partial charge in [0, 0.05) is 0 Å². The predicted octanol–water partition coefficient (Wildman–Crippen LogP) is 2.74. The molecular weight excluding hydrogens is 226 g/mol. The Balaban J connectivity index is 2.23. The molecule has 0 radical (unpaired) electrons. The molecule has 0 saturated heterocycles. The number of hydrogen-bond donors (Lipinski definition) is 1. The third-order valence-electron chi connectivity index (χ3n) is 3.09. The molecule has 18 heavy (non-hydrogen) atoms. The van der Waals surface area contributed by atoms with Gasteiger partial charge in [-0.2, -0.15) is 0 Å². The summed E-state index contributed by atoms with van der Waals surface area (Å²) in [7, 11) is 0. The van der Waals surface area contributed by atoms with Crippen LogP contribution in [0.4, 0.5) is 0 Å². The number of rotatable bonds is 1. The van der Waals surface area contributed by atoms with Gasteiger partial charge in [0.25, 0.3) is 0 Å². The summed E-state index contributed by atoms with van der Waals surface area (Å²) < 4.78 is 0. The predicted molar refractivity (Wildman–Crippen MR) is 70.0 cm³/mol.